The molecule has 8 heteroatoms. The smallest absolute Gasteiger partial charge is 0.342 e. The van der Waals surface area contributed by atoms with E-state index in [0.717, 1.165) is 9.87 Å². The van der Waals surface area contributed by atoms with Crippen molar-refractivity contribution in [2.24, 2.45) is 0 Å². The number of fused-ring (bicyclic) bond motifs is 1. The molecule has 144 valence electrons. The Morgan fingerprint density at radius 3 is 2.48 bits per heavy atom. The first-order valence-electron chi connectivity index (χ1n) is 8.36. The van der Waals surface area contributed by atoms with Crippen molar-refractivity contribution in [2.75, 3.05) is 19.8 Å². The molecule has 2 aromatic rings. The van der Waals surface area contributed by atoms with Crippen LogP contribution in [0.1, 0.15) is 29.8 Å². The fraction of sp³-hybridized carbons (Fsp3) is 0.316. The van der Waals surface area contributed by atoms with Gasteiger partial charge >= 0.3 is 5.97 Å². The molecular weight excluding hydrogens is 368 g/mol. The van der Waals surface area contributed by atoms with Crippen molar-refractivity contribution in [3.8, 4) is 11.5 Å². The van der Waals surface area contributed by atoms with Crippen LogP contribution in [-0.2, 0) is 21.2 Å². The Labute approximate surface area is 158 Å². The van der Waals surface area contributed by atoms with Crippen LogP contribution in [0.25, 0.3) is 0 Å². The summed E-state index contributed by atoms with van der Waals surface area (Å²) in [7, 11) is -0.714. The Morgan fingerprint density at radius 1 is 1.15 bits per heavy atom. The summed E-state index contributed by atoms with van der Waals surface area (Å²) in [6.45, 7) is 3.70. The molecular formula is C19H22N2O5S. The van der Waals surface area contributed by atoms with Gasteiger partial charge in [0.15, 0.2) is 0 Å². The van der Waals surface area contributed by atoms with Gasteiger partial charge in [0.05, 0.1) is 10.6 Å². The third kappa shape index (κ3) is 3.63. The van der Waals surface area contributed by atoms with Crippen LogP contribution in [-0.4, -0.2) is 38.4 Å². The third-order valence-electron chi connectivity index (χ3n) is 4.28. The number of anilines is 1. The Bertz CT molecular complexity index is 1010. The average Bonchev–Trinajstić information content (AvgIpc) is 2.55. The first kappa shape index (κ1) is 19.2. The topological polar surface area (TPSA) is 98.9 Å². The Hall–Kier alpha value is -2.58. The Balaban J connectivity index is 1.97. The fourth-order valence-electron chi connectivity index (χ4n) is 2.95. The van der Waals surface area contributed by atoms with Gasteiger partial charge in [0.25, 0.3) is 0 Å². The van der Waals surface area contributed by atoms with Gasteiger partial charge in [-0.15, -0.1) is 0 Å². The SMILES string of the molecule is CN(C)S(=O)(=O)c1ccc(Oc2cccc3c2C(=O)OC(C)(C)C3)c(N)c1. The van der Waals surface area contributed by atoms with Gasteiger partial charge in [0.1, 0.15) is 22.7 Å². The van der Waals surface area contributed by atoms with Crippen LogP contribution in [0.5, 0.6) is 11.5 Å². The van der Waals surface area contributed by atoms with Crippen molar-refractivity contribution >= 4 is 21.7 Å². The third-order valence-corrected chi connectivity index (χ3v) is 6.09. The van der Waals surface area contributed by atoms with Crippen LogP contribution in [0.4, 0.5) is 5.69 Å². The highest BCUT2D eigenvalue weighted by molar-refractivity contribution is 7.89. The van der Waals surface area contributed by atoms with Gasteiger partial charge in [-0.25, -0.2) is 17.5 Å². The molecule has 0 unspecified atom stereocenters. The van der Waals surface area contributed by atoms with Crippen molar-refractivity contribution in [3.05, 3.63) is 47.5 Å². The number of esters is 1. The first-order chi connectivity index (χ1) is 12.5. The van der Waals surface area contributed by atoms with Gasteiger partial charge in [0, 0.05) is 20.5 Å². The van der Waals surface area contributed by atoms with Crippen LogP contribution in [0, 0.1) is 0 Å². The summed E-state index contributed by atoms with van der Waals surface area (Å²) in [6.07, 6.45) is 0.570. The molecule has 0 fully saturated rings. The summed E-state index contributed by atoms with van der Waals surface area (Å²) >= 11 is 0. The predicted octanol–water partition coefficient (Wildman–Crippen LogP) is 2.80. The molecule has 2 N–H and O–H groups in total. The van der Waals surface area contributed by atoms with Crippen molar-refractivity contribution in [1.29, 1.82) is 0 Å². The molecule has 1 aliphatic heterocycles. The maximum absolute atomic E-state index is 12.4. The minimum atomic E-state index is -3.60. The number of nitrogen functional groups attached to an aromatic ring is 1. The molecule has 3 rings (SSSR count). The molecule has 0 aromatic heterocycles. The zero-order valence-electron chi connectivity index (χ0n) is 15.6. The number of cyclic esters (lactones) is 1. The highest BCUT2D eigenvalue weighted by Crippen LogP contribution is 2.37. The highest BCUT2D eigenvalue weighted by Gasteiger charge is 2.34. The quantitative estimate of drug-likeness (QED) is 0.637. The van der Waals surface area contributed by atoms with E-state index in [1.165, 1.54) is 32.3 Å². The van der Waals surface area contributed by atoms with Crippen LogP contribution >= 0.6 is 0 Å². The molecule has 0 saturated heterocycles. The first-order valence-corrected chi connectivity index (χ1v) is 9.80. The molecule has 7 nitrogen and oxygen atoms in total. The number of benzene rings is 2. The van der Waals surface area contributed by atoms with E-state index in [0.29, 0.717) is 17.7 Å². The van der Waals surface area contributed by atoms with E-state index >= 15 is 0 Å². The second-order valence-corrected chi connectivity index (χ2v) is 9.36. The second-order valence-electron chi connectivity index (χ2n) is 7.21. The number of hydrogen-bond donors (Lipinski definition) is 1. The van der Waals surface area contributed by atoms with E-state index in [1.54, 1.807) is 12.1 Å². The lowest BCUT2D eigenvalue weighted by Crippen LogP contribution is -2.36. The van der Waals surface area contributed by atoms with Gasteiger partial charge in [-0.1, -0.05) is 12.1 Å². The number of hydrogen-bond acceptors (Lipinski definition) is 6. The Morgan fingerprint density at radius 2 is 1.85 bits per heavy atom. The van der Waals surface area contributed by atoms with Crippen LogP contribution < -0.4 is 10.5 Å². The van der Waals surface area contributed by atoms with Crippen LogP contribution in [0.2, 0.25) is 0 Å². The van der Waals surface area contributed by atoms with E-state index in [1.807, 2.05) is 19.9 Å². The number of sulfonamides is 1. The van der Waals surface area contributed by atoms with E-state index < -0.39 is 21.6 Å². The summed E-state index contributed by atoms with van der Waals surface area (Å²) in [5.74, 6) is 0.129. The van der Waals surface area contributed by atoms with Crippen molar-refractivity contribution in [3.63, 3.8) is 0 Å². The molecule has 0 amide bonds. The van der Waals surface area contributed by atoms with E-state index in [4.69, 9.17) is 15.2 Å². The number of rotatable bonds is 4. The molecule has 1 aliphatic rings. The highest BCUT2D eigenvalue weighted by atomic mass is 32.2. The fourth-order valence-corrected chi connectivity index (χ4v) is 3.88. The molecule has 1 heterocycles. The zero-order valence-corrected chi connectivity index (χ0v) is 16.5. The van der Waals surface area contributed by atoms with Crippen LogP contribution in [0.3, 0.4) is 0 Å². The Kier molecular flexibility index (Phi) is 4.65. The number of ether oxygens (including phenoxy) is 2. The molecule has 0 saturated carbocycles. The molecule has 2 aromatic carbocycles. The monoisotopic (exact) mass is 390 g/mol. The van der Waals surface area contributed by atoms with Gasteiger partial charge in [0.2, 0.25) is 10.0 Å². The lowest BCUT2D eigenvalue weighted by molar-refractivity contribution is -0.00680. The summed E-state index contributed by atoms with van der Waals surface area (Å²) in [6, 6.07) is 9.54. The number of nitrogens with zero attached hydrogens (tertiary/aromatic N) is 1. The van der Waals surface area contributed by atoms with Gasteiger partial charge in [-0.05, 0) is 43.7 Å². The van der Waals surface area contributed by atoms with Gasteiger partial charge < -0.3 is 15.2 Å². The summed E-state index contributed by atoms with van der Waals surface area (Å²) in [5, 5.41) is 0. The van der Waals surface area contributed by atoms with Gasteiger partial charge in [-0.2, -0.15) is 0 Å². The summed E-state index contributed by atoms with van der Waals surface area (Å²) in [4.78, 5) is 12.5. The predicted molar refractivity (Wildman–Crippen MR) is 101 cm³/mol. The van der Waals surface area contributed by atoms with Crippen LogP contribution in [0.15, 0.2) is 41.3 Å². The summed E-state index contributed by atoms with van der Waals surface area (Å²) < 4.78 is 36.8. The van der Waals surface area contributed by atoms with Crippen molar-refractivity contribution in [2.45, 2.75) is 30.8 Å². The molecule has 0 aliphatic carbocycles. The average molecular weight is 390 g/mol. The molecule has 0 atom stereocenters. The molecule has 0 spiro atoms. The number of carbonyl (C=O) groups is 1. The normalized spacial score (nSPS) is 16.0. The lowest BCUT2D eigenvalue weighted by atomic mass is 9.91. The van der Waals surface area contributed by atoms with Crippen molar-refractivity contribution < 1.29 is 22.7 Å². The molecule has 0 radical (unpaired) electrons. The maximum Gasteiger partial charge on any atom is 0.342 e. The van der Waals surface area contributed by atoms with Crippen molar-refractivity contribution in [1.82, 2.24) is 4.31 Å². The van der Waals surface area contributed by atoms with Gasteiger partial charge in [-0.3, -0.25) is 0 Å². The summed E-state index contributed by atoms with van der Waals surface area (Å²) in [5.41, 5.74) is 6.76. The minimum absolute atomic E-state index is 0.0635. The maximum atomic E-state index is 12.4. The standard InChI is InChI=1S/C19H22N2O5S/c1-19(2)11-12-6-5-7-16(17(12)18(22)26-19)25-15-9-8-13(10-14(15)20)27(23,24)21(3)4/h5-10H,11,20H2,1-4H3. The molecule has 0 bridgehead atoms. The number of nitrogens with two attached hydrogens (primary N) is 1. The zero-order chi connectivity index (χ0) is 20.0. The largest absolute Gasteiger partial charge is 0.456 e. The number of carbonyl (C=O) groups excluding carboxylic acids is 1. The minimum Gasteiger partial charge on any atom is -0.456 e. The second kappa shape index (κ2) is 6.54. The molecule has 27 heavy (non-hydrogen) atoms. The van der Waals surface area contributed by atoms with E-state index in [-0.39, 0.29) is 16.3 Å². The lowest BCUT2D eigenvalue weighted by Gasteiger charge is -2.31. The van der Waals surface area contributed by atoms with E-state index in [2.05, 4.69) is 0 Å². The van der Waals surface area contributed by atoms with E-state index in [9.17, 15) is 13.2 Å².